The van der Waals surface area contributed by atoms with Crippen LogP contribution in [-0.2, 0) is 0 Å². The summed E-state index contributed by atoms with van der Waals surface area (Å²) in [6.07, 6.45) is 2.42. The molecule has 3 amide bonds. The number of carbonyl (C=O) groups is 2. The van der Waals surface area contributed by atoms with Gasteiger partial charge in [0.25, 0.3) is 5.91 Å². The van der Waals surface area contributed by atoms with Crippen LogP contribution in [0.2, 0.25) is 0 Å². The van der Waals surface area contributed by atoms with Crippen molar-refractivity contribution in [2.45, 2.75) is 31.8 Å². The van der Waals surface area contributed by atoms with Crippen molar-refractivity contribution in [2.24, 2.45) is 0 Å². The van der Waals surface area contributed by atoms with E-state index in [-0.39, 0.29) is 17.8 Å². The molecule has 9 heteroatoms. The minimum absolute atomic E-state index is 0.0347. The molecular formula is C20H21N7O2. The summed E-state index contributed by atoms with van der Waals surface area (Å²) in [5, 5.41) is 14.6. The van der Waals surface area contributed by atoms with Gasteiger partial charge in [0.2, 0.25) is 0 Å². The second-order valence-corrected chi connectivity index (χ2v) is 7.63. The zero-order valence-corrected chi connectivity index (χ0v) is 16.2. The van der Waals surface area contributed by atoms with E-state index in [9.17, 15) is 9.59 Å². The van der Waals surface area contributed by atoms with Crippen LogP contribution in [0.5, 0.6) is 0 Å². The SMILES string of the molecule is CC(C)(C#N)NC(=O)c1ccc2c(n1)N(C(=O)Nc1ccccn1)C1CCN2C1. The number of hydrogen-bond donors (Lipinski definition) is 2. The van der Waals surface area contributed by atoms with Crippen LogP contribution in [0.25, 0.3) is 0 Å². The lowest BCUT2D eigenvalue weighted by atomic mass is 10.1. The number of pyridine rings is 2. The Labute approximate surface area is 168 Å². The van der Waals surface area contributed by atoms with Gasteiger partial charge < -0.3 is 10.2 Å². The molecule has 2 bridgehead atoms. The number of nitrogens with one attached hydrogen (secondary N) is 2. The predicted molar refractivity (Wildman–Crippen MR) is 108 cm³/mol. The molecule has 1 atom stereocenters. The number of rotatable bonds is 3. The molecule has 9 nitrogen and oxygen atoms in total. The molecule has 2 aromatic heterocycles. The number of nitriles is 1. The summed E-state index contributed by atoms with van der Waals surface area (Å²) in [4.78, 5) is 38.0. The maximum Gasteiger partial charge on any atom is 0.329 e. The molecular weight excluding hydrogens is 370 g/mol. The standard InChI is InChI=1S/C20H21N7O2/c1-20(2,12-21)25-18(28)14-6-7-15-17(23-14)27(13-8-10-26(15)11-13)19(29)24-16-5-3-4-9-22-16/h3-7,9,13H,8,10-11H2,1-2H3,(H,25,28)(H,22,24,29). The molecule has 29 heavy (non-hydrogen) atoms. The van der Waals surface area contributed by atoms with E-state index >= 15 is 0 Å². The highest BCUT2D eigenvalue weighted by atomic mass is 16.2. The summed E-state index contributed by atoms with van der Waals surface area (Å²) in [5.41, 5.74) is -0.0519. The molecule has 2 aromatic rings. The van der Waals surface area contributed by atoms with Crippen LogP contribution in [0.15, 0.2) is 36.5 Å². The minimum atomic E-state index is -1.02. The topological polar surface area (TPSA) is 114 Å². The molecule has 1 unspecified atom stereocenters. The summed E-state index contributed by atoms with van der Waals surface area (Å²) in [6, 6.07) is 10.4. The maximum absolute atomic E-state index is 13.0. The van der Waals surface area contributed by atoms with Gasteiger partial charge in [-0.05, 0) is 44.5 Å². The van der Waals surface area contributed by atoms with E-state index in [4.69, 9.17) is 5.26 Å². The van der Waals surface area contributed by atoms with Gasteiger partial charge in [-0.3, -0.25) is 15.0 Å². The van der Waals surface area contributed by atoms with Gasteiger partial charge in [0, 0.05) is 19.3 Å². The van der Waals surface area contributed by atoms with Gasteiger partial charge in [-0.1, -0.05) is 6.07 Å². The lowest BCUT2D eigenvalue weighted by Crippen LogP contribution is -2.49. The molecule has 2 aliphatic rings. The molecule has 4 heterocycles. The van der Waals surface area contributed by atoms with Gasteiger partial charge in [-0.15, -0.1) is 0 Å². The van der Waals surface area contributed by atoms with Crippen molar-refractivity contribution < 1.29 is 9.59 Å². The fraction of sp³-hybridized carbons (Fsp3) is 0.350. The van der Waals surface area contributed by atoms with Crippen LogP contribution >= 0.6 is 0 Å². The molecule has 0 aliphatic carbocycles. The Morgan fingerprint density at radius 2 is 2.10 bits per heavy atom. The Kier molecular flexibility index (Phi) is 4.54. The summed E-state index contributed by atoms with van der Waals surface area (Å²) < 4.78 is 0. The Morgan fingerprint density at radius 3 is 2.83 bits per heavy atom. The lowest BCUT2D eigenvalue weighted by molar-refractivity contribution is 0.0924. The summed E-state index contributed by atoms with van der Waals surface area (Å²) in [5.74, 6) is 0.427. The van der Waals surface area contributed by atoms with Gasteiger partial charge in [0.15, 0.2) is 5.82 Å². The van der Waals surface area contributed by atoms with Crippen molar-refractivity contribution in [3.05, 3.63) is 42.2 Å². The maximum atomic E-state index is 13.0. The molecule has 2 N–H and O–H groups in total. The summed E-state index contributed by atoms with van der Waals surface area (Å²) in [6.45, 7) is 4.76. The number of urea groups is 1. The number of carbonyl (C=O) groups excluding carboxylic acids is 2. The third-order valence-corrected chi connectivity index (χ3v) is 5.01. The van der Waals surface area contributed by atoms with Gasteiger partial charge in [-0.2, -0.15) is 5.26 Å². The average Bonchev–Trinajstić information content (AvgIpc) is 3.12. The van der Waals surface area contributed by atoms with Gasteiger partial charge in [-0.25, -0.2) is 14.8 Å². The monoisotopic (exact) mass is 391 g/mol. The number of amides is 3. The second kappa shape index (κ2) is 7.05. The normalized spacial score (nSPS) is 17.3. The highest BCUT2D eigenvalue weighted by Gasteiger charge is 2.40. The first-order valence-electron chi connectivity index (χ1n) is 9.39. The van der Waals surface area contributed by atoms with Crippen molar-refractivity contribution >= 4 is 29.3 Å². The quantitative estimate of drug-likeness (QED) is 0.828. The Bertz CT molecular complexity index is 1000. The highest BCUT2D eigenvalue weighted by molar-refractivity contribution is 6.05. The first-order chi connectivity index (χ1) is 13.9. The van der Waals surface area contributed by atoms with E-state index in [2.05, 4.69) is 25.5 Å². The minimum Gasteiger partial charge on any atom is -0.366 e. The Hall–Kier alpha value is -3.67. The molecule has 148 valence electrons. The van der Waals surface area contributed by atoms with Crippen molar-refractivity contribution in [3.8, 4) is 6.07 Å². The molecule has 4 rings (SSSR count). The molecule has 0 aromatic carbocycles. The number of nitrogens with zero attached hydrogens (tertiary/aromatic N) is 5. The van der Waals surface area contributed by atoms with E-state index in [0.717, 1.165) is 25.2 Å². The molecule has 0 spiro atoms. The van der Waals surface area contributed by atoms with Crippen molar-refractivity contribution in [3.63, 3.8) is 0 Å². The Balaban J connectivity index is 1.66. The number of aromatic nitrogens is 2. The van der Waals surface area contributed by atoms with Crippen LogP contribution in [-0.4, -0.2) is 46.6 Å². The fourth-order valence-electron chi connectivity index (χ4n) is 3.58. The van der Waals surface area contributed by atoms with Crippen molar-refractivity contribution in [2.75, 3.05) is 28.2 Å². The number of hydrogen-bond acceptors (Lipinski definition) is 6. The van der Waals surface area contributed by atoms with Crippen LogP contribution in [0.1, 0.15) is 30.8 Å². The first-order valence-corrected chi connectivity index (χ1v) is 9.39. The van der Waals surface area contributed by atoms with Crippen LogP contribution in [0.3, 0.4) is 0 Å². The third-order valence-electron chi connectivity index (χ3n) is 5.01. The third kappa shape index (κ3) is 3.57. The first kappa shape index (κ1) is 18.7. The van der Waals surface area contributed by atoms with E-state index in [0.29, 0.717) is 11.6 Å². The fourth-order valence-corrected chi connectivity index (χ4v) is 3.58. The van der Waals surface area contributed by atoms with E-state index in [1.165, 1.54) is 0 Å². The van der Waals surface area contributed by atoms with Crippen LogP contribution in [0.4, 0.5) is 22.1 Å². The van der Waals surface area contributed by atoms with E-state index in [1.807, 2.05) is 6.07 Å². The summed E-state index contributed by atoms with van der Waals surface area (Å²) in [7, 11) is 0. The van der Waals surface area contributed by atoms with Gasteiger partial charge in [0.05, 0.1) is 17.8 Å². The average molecular weight is 391 g/mol. The zero-order chi connectivity index (χ0) is 20.6. The Morgan fingerprint density at radius 1 is 1.28 bits per heavy atom. The van der Waals surface area contributed by atoms with E-state index in [1.54, 1.807) is 55.3 Å². The van der Waals surface area contributed by atoms with Crippen molar-refractivity contribution in [1.82, 2.24) is 15.3 Å². The molecule has 0 radical (unpaired) electrons. The van der Waals surface area contributed by atoms with Crippen LogP contribution in [0, 0.1) is 11.3 Å². The number of anilines is 3. The van der Waals surface area contributed by atoms with Crippen LogP contribution < -0.4 is 20.4 Å². The lowest BCUT2D eigenvalue weighted by Gasteiger charge is -2.35. The van der Waals surface area contributed by atoms with Crippen molar-refractivity contribution in [1.29, 1.82) is 5.26 Å². The van der Waals surface area contributed by atoms with E-state index < -0.39 is 11.4 Å². The molecule has 0 saturated carbocycles. The van der Waals surface area contributed by atoms with Gasteiger partial charge in [0.1, 0.15) is 17.1 Å². The highest BCUT2D eigenvalue weighted by Crippen LogP contribution is 2.39. The molecule has 1 fully saturated rings. The summed E-state index contributed by atoms with van der Waals surface area (Å²) >= 11 is 0. The van der Waals surface area contributed by atoms with Gasteiger partial charge >= 0.3 is 6.03 Å². The number of fused-ring (bicyclic) bond motifs is 4. The predicted octanol–water partition coefficient (Wildman–Crippen LogP) is 2.14. The molecule has 2 aliphatic heterocycles. The largest absolute Gasteiger partial charge is 0.366 e. The molecule has 1 saturated heterocycles. The second-order valence-electron chi connectivity index (χ2n) is 7.63. The zero-order valence-electron chi connectivity index (χ0n) is 16.2. The smallest absolute Gasteiger partial charge is 0.329 e.